The molecule has 6 heteroatoms. The summed E-state index contributed by atoms with van der Waals surface area (Å²) in [6, 6.07) is 3.95. The Morgan fingerprint density at radius 3 is 2.30 bits per heavy atom. The average molecular weight is 363 g/mol. The molecule has 2 rings (SSSR count). The number of carbonyl (C=O) groups is 1. The fourth-order valence-electron chi connectivity index (χ4n) is 2.21. The third-order valence-electron chi connectivity index (χ3n) is 3.06. The van der Waals surface area contributed by atoms with Gasteiger partial charge in [-0.1, -0.05) is 15.9 Å². The molecule has 2 aromatic rings. The number of benzene rings is 1. The second-order valence-electron chi connectivity index (χ2n) is 4.40. The van der Waals surface area contributed by atoms with Gasteiger partial charge in [0.2, 0.25) is 0 Å². The highest BCUT2D eigenvalue weighted by Crippen LogP contribution is 2.28. The lowest BCUT2D eigenvalue weighted by Gasteiger charge is -2.12. The number of aryl methyl sites for hydroxylation is 1. The van der Waals surface area contributed by atoms with E-state index >= 15 is 0 Å². The Balaban J connectivity index is 2.71. The number of Topliss-reactive ketones (excluding diaryl/α,β-unsaturated/α-hetero) is 1. The van der Waals surface area contributed by atoms with Crippen molar-refractivity contribution in [3.63, 3.8) is 0 Å². The first kappa shape index (κ1) is 15.2. The Morgan fingerprint density at radius 1 is 1.25 bits per heavy atom. The Kier molecular flexibility index (Phi) is 4.30. The van der Waals surface area contributed by atoms with Crippen molar-refractivity contribution in [3.8, 4) is 5.69 Å². The smallest absolute Gasteiger partial charge is 0.179 e. The van der Waals surface area contributed by atoms with Crippen LogP contribution in [0.4, 0.5) is 8.78 Å². The predicted molar refractivity (Wildman–Crippen MR) is 77.9 cm³/mol. The van der Waals surface area contributed by atoms with E-state index in [1.807, 2.05) is 0 Å². The lowest BCUT2D eigenvalue weighted by molar-refractivity contribution is 0.102. The number of rotatable bonds is 3. The minimum atomic E-state index is -0.705. The minimum absolute atomic E-state index is 0.171. The second-order valence-corrected chi connectivity index (χ2v) is 5.58. The molecule has 0 bridgehead atoms. The van der Waals surface area contributed by atoms with Gasteiger partial charge in [0.25, 0.3) is 0 Å². The van der Waals surface area contributed by atoms with E-state index in [0.29, 0.717) is 21.4 Å². The normalized spacial score (nSPS) is 10.9. The van der Waals surface area contributed by atoms with Gasteiger partial charge in [0.05, 0.1) is 5.88 Å². The maximum Gasteiger partial charge on any atom is 0.179 e. The van der Waals surface area contributed by atoms with Gasteiger partial charge < -0.3 is 4.57 Å². The van der Waals surface area contributed by atoms with Gasteiger partial charge in [-0.2, -0.15) is 0 Å². The zero-order chi connectivity index (χ0) is 15.0. The molecule has 0 saturated heterocycles. The van der Waals surface area contributed by atoms with Crippen LogP contribution < -0.4 is 0 Å². The molecule has 1 aromatic heterocycles. The van der Waals surface area contributed by atoms with Crippen LogP contribution in [0.25, 0.3) is 5.69 Å². The molecule has 106 valence electrons. The molecule has 0 atom stereocenters. The molecule has 2 nitrogen and oxygen atoms in total. The van der Waals surface area contributed by atoms with Crippen LogP contribution in [0.3, 0.4) is 0 Å². The highest BCUT2D eigenvalue weighted by atomic mass is 79.9. The maximum atomic E-state index is 14.0. The van der Waals surface area contributed by atoms with E-state index in [0.717, 1.165) is 0 Å². The van der Waals surface area contributed by atoms with Crippen LogP contribution in [0.5, 0.6) is 0 Å². The van der Waals surface area contributed by atoms with Crippen molar-refractivity contribution in [1.29, 1.82) is 0 Å². The van der Waals surface area contributed by atoms with Gasteiger partial charge in [0.1, 0.15) is 5.69 Å². The van der Waals surface area contributed by atoms with Crippen LogP contribution in [-0.4, -0.2) is 16.2 Å². The van der Waals surface area contributed by atoms with Gasteiger partial charge in [-0.3, -0.25) is 4.79 Å². The SMILES string of the molecule is Cc1cc(C(=O)CCl)c(C)n1-c1c(F)cc(Br)cc1F. The van der Waals surface area contributed by atoms with Crippen molar-refractivity contribution < 1.29 is 13.6 Å². The average Bonchev–Trinajstić information content (AvgIpc) is 2.65. The molecular formula is C14H11BrClF2NO. The van der Waals surface area contributed by atoms with Crippen molar-refractivity contribution in [2.24, 2.45) is 0 Å². The standard InChI is InChI=1S/C14H11BrClF2NO/c1-7-3-10(13(20)6-16)8(2)19(7)14-11(17)4-9(15)5-12(14)18/h3-5H,6H2,1-2H3. The summed E-state index contributed by atoms with van der Waals surface area (Å²) in [5, 5.41) is 0. The van der Waals surface area contributed by atoms with Gasteiger partial charge in [0, 0.05) is 21.4 Å². The molecule has 20 heavy (non-hydrogen) atoms. The molecule has 0 unspecified atom stereocenters. The molecule has 1 aromatic carbocycles. The molecule has 0 aliphatic carbocycles. The molecule has 0 fully saturated rings. The number of hydrogen-bond acceptors (Lipinski definition) is 1. The van der Waals surface area contributed by atoms with E-state index in [9.17, 15) is 13.6 Å². The van der Waals surface area contributed by atoms with Crippen LogP contribution in [0.1, 0.15) is 21.7 Å². The zero-order valence-electron chi connectivity index (χ0n) is 10.8. The first-order valence-corrected chi connectivity index (χ1v) is 7.12. The van der Waals surface area contributed by atoms with E-state index in [1.165, 1.54) is 16.7 Å². The molecule has 0 aliphatic heterocycles. The van der Waals surface area contributed by atoms with Gasteiger partial charge >= 0.3 is 0 Å². The number of ketones is 1. The van der Waals surface area contributed by atoms with E-state index in [1.54, 1.807) is 19.9 Å². The fourth-order valence-corrected chi connectivity index (χ4v) is 2.76. The molecular weight excluding hydrogens is 352 g/mol. The number of hydrogen-bond donors (Lipinski definition) is 0. The van der Waals surface area contributed by atoms with Gasteiger partial charge in [0.15, 0.2) is 17.4 Å². The zero-order valence-corrected chi connectivity index (χ0v) is 13.1. The third-order valence-corrected chi connectivity index (χ3v) is 3.76. The number of halogens is 4. The summed E-state index contributed by atoms with van der Waals surface area (Å²) in [5.74, 6) is -1.86. The lowest BCUT2D eigenvalue weighted by atomic mass is 10.2. The van der Waals surface area contributed by atoms with Gasteiger partial charge in [-0.05, 0) is 32.0 Å². The summed E-state index contributed by atoms with van der Waals surface area (Å²) in [4.78, 5) is 11.7. The van der Waals surface area contributed by atoms with E-state index in [4.69, 9.17) is 11.6 Å². The van der Waals surface area contributed by atoms with Crippen molar-refractivity contribution in [3.05, 3.63) is 51.3 Å². The van der Waals surface area contributed by atoms with E-state index in [2.05, 4.69) is 15.9 Å². The number of nitrogens with zero attached hydrogens (tertiary/aromatic N) is 1. The Labute approximate surface area is 128 Å². The topological polar surface area (TPSA) is 22.0 Å². The molecule has 0 aliphatic rings. The highest BCUT2D eigenvalue weighted by Gasteiger charge is 2.20. The summed E-state index contributed by atoms with van der Waals surface area (Å²) < 4.78 is 29.8. The van der Waals surface area contributed by atoms with Crippen molar-refractivity contribution in [2.75, 3.05) is 5.88 Å². The van der Waals surface area contributed by atoms with E-state index < -0.39 is 11.6 Å². The largest absolute Gasteiger partial charge is 0.313 e. The summed E-state index contributed by atoms with van der Waals surface area (Å²) in [5.41, 5.74) is 1.21. The predicted octanol–water partition coefficient (Wildman–Crippen LogP) is 4.56. The van der Waals surface area contributed by atoms with E-state index in [-0.39, 0.29) is 17.4 Å². The summed E-state index contributed by atoms with van der Waals surface area (Å²) in [7, 11) is 0. The van der Waals surface area contributed by atoms with Gasteiger partial charge in [-0.25, -0.2) is 8.78 Å². The quantitative estimate of drug-likeness (QED) is 0.580. The monoisotopic (exact) mass is 361 g/mol. The fraction of sp³-hybridized carbons (Fsp3) is 0.214. The van der Waals surface area contributed by atoms with Crippen LogP contribution in [-0.2, 0) is 0 Å². The van der Waals surface area contributed by atoms with Crippen LogP contribution in [0, 0.1) is 25.5 Å². The van der Waals surface area contributed by atoms with Gasteiger partial charge in [-0.15, -0.1) is 11.6 Å². The minimum Gasteiger partial charge on any atom is -0.313 e. The van der Waals surface area contributed by atoms with Crippen LogP contribution in [0.15, 0.2) is 22.7 Å². The number of alkyl halides is 1. The first-order chi connectivity index (χ1) is 9.36. The number of aromatic nitrogens is 1. The highest BCUT2D eigenvalue weighted by molar-refractivity contribution is 9.10. The van der Waals surface area contributed by atoms with Crippen LogP contribution >= 0.6 is 27.5 Å². The molecule has 0 saturated carbocycles. The molecule has 0 radical (unpaired) electrons. The molecule has 0 N–H and O–H groups in total. The first-order valence-electron chi connectivity index (χ1n) is 5.79. The van der Waals surface area contributed by atoms with Crippen LogP contribution in [0.2, 0.25) is 0 Å². The Bertz CT molecular complexity index is 674. The van der Waals surface area contributed by atoms with Crippen molar-refractivity contribution in [2.45, 2.75) is 13.8 Å². The second kappa shape index (κ2) is 5.66. The maximum absolute atomic E-state index is 14.0. The Hall–Kier alpha value is -1.20. The van der Waals surface area contributed by atoms with Crippen molar-refractivity contribution in [1.82, 2.24) is 4.57 Å². The molecule has 0 amide bonds. The summed E-state index contributed by atoms with van der Waals surface area (Å²) >= 11 is 8.57. The summed E-state index contributed by atoms with van der Waals surface area (Å²) in [6.45, 7) is 3.31. The Morgan fingerprint density at radius 2 is 1.80 bits per heavy atom. The number of carbonyl (C=O) groups excluding carboxylic acids is 1. The lowest BCUT2D eigenvalue weighted by Crippen LogP contribution is -2.07. The molecule has 0 spiro atoms. The summed E-state index contributed by atoms with van der Waals surface area (Å²) in [6.07, 6.45) is 0. The van der Waals surface area contributed by atoms with Crippen molar-refractivity contribution >= 4 is 33.3 Å². The third kappa shape index (κ3) is 2.52. The molecule has 1 heterocycles.